The summed E-state index contributed by atoms with van der Waals surface area (Å²) in [6.07, 6.45) is -1.86. The van der Waals surface area contributed by atoms with E-state index in [2.05, 4.69) is 11.1 Å². The molecule has 7 heteroatoms. The summed E-state index contributed by atoms with van der Waals surface area (Å²) in [6, 6.07) is 8.06. The number of aliphatic hydroxyl groups excluding tert-OH is 1. The second kappa shape index (κ2) is 5.43. The maximum absolute atomic E-state index is 10.3. The average Bonchev–Trinajstić information content (AvgIpc) is 3.09. The van der Waals surface area contributed by atoms with Crippen molar-refractivity contribution in [2.75, 3.05) is 5.75 Å². The van der Waals surface area contributed by atoms with Crippen LogP contribution in [0.4, 0.5) is 0 Å². The van der Waals surface area contributed by atoms with Gasteiger partial charge >= 0.3 is 0 Å². The van der Waals surface area contributed by atoms with E-state index in [4.69, 9.17) is 14.2 Å². The number of thiazole rings is 1. The normalized spacial score (nSPS) is 33.4. The van der Waals surface area contributed by atoms with Crippen LogP contribution < -0.4 is 0 Å². The van der Waals surface area contributed by atoms with Crippen LogP contribution in [0.25, 0.3) is 10.2 Å². The molecule has 0 spiro atoms. The molecule has 2 saturated heterocycles. The van der Waals surface area contributed by atoms with Gasteiger partial charge in [-0.15, -0.1) is 11.3 Å². The minimum absolute atomic E-state index is 0.303. The molecule has 2 fully saturated rings. The van der Waals surface area contributed by atoms with Crippen LogP contribution in [0.3, 0.4) is 0 Å². The first-order valence-electron chi connectivity index (χ1n) is 7.19. The first-order valence-corrected chi connectivity index (χ1v) is 9.00. The Balaban J connectivity index is 1.40. The number of rotatable bonds is 3. The Morgan fingerprint density at radius 3 is 2.91 bits per heavy atom. The Kier molecular flexibility index (Phi) is 3.67. The SMILES string of the molecule is CC1(C)O[C@H]2O[C@H](CSc3nc4ccccc4s3)[C@H](O)[C@H]2O1. The first-order chi connectivity index (χ1) is 10.5. The Bertz CT molecular complexity index is 656. The van der Waals surface area contributed by atoms with E-state index < -0.39 is 24.3 Å². The zero-order chi connectivity index (χ0) is 15.3. The van der Waals surface area contributed by atoms with Gasteiger partial charge in [0.1, 0.15) is 12.2 Å². The molecular weight excluding hydrogens is 322 g/mol. The molecule has 1 aromatic carbocycles. The Hall–Kier alpha value is -0.700. The monoisotopic (exact) mass is 339 g/mol. The molecule has 0 unspecified atom stereocenters. The highest BCUT2D eigenvalue weighted by molar-refractivity contribution is 8.01. The summed E-state index contributed by atoms with van der Waals surface area (Å²) in [5.41, 5.74) is 1.01. The number of hydrogen-bond acceptors (Lipinski definition) is 7. The predicted octanol–water partition coefficient (Wildman–Crippen LogP) is 2.63. The number of fused-ring (bicyclic) bond motifs is 2. The molecule has 2 aromatic rings. The van der Waals surface area contributed by atoms with Crippen molar-refractivity contribution < 1.29 is 19.3 Å². The van der Waals surface area contributed by atoms with E-state index in [1.54, 1.807) is 23.1 Å². The summed E-state index contributed by atoms with van der Waals surface area (Å²) in [5.74, 6) is -0.0669. The highest BCUT2D eigenvalue weighted by atomic mass is 32.2. The van der Waals surface area contributed by atoms with Crippen LogP contribution in [0, 0.1) is 0 Å². The van der Waals surface area contributed by atoms with E-state index in [0.29, 0.717) is 5.75 Å². The molecule has 0 aliphatic carbocycles. The Labute approximate surface area is 136 Å². The quantitative estimate of drug-likeness (QED) is 0.868. The van der Waals surface area contributed by atoms with Crippen molar-refractivity contribution in [1.82, 2.24) is 4.98 Å². The van der Waals surface area contributed by atoms with Crippen LogP contribution in [0.1, 0.15) is 13.8 Å². The average molecular weight is 339 g/mol. The maximum Gasteiger partial charge on any atom is 0.190 e. The number of benzene rings is 1. The molecule has 0 radical (unpaired) electrons. The lowest BCUT2D eigenvalue weighted by Gasteiger charge is -2.22. The largest absolute Gasteiger partial charge is 0.387 e. The third kappa shape index (κ3) is 2.66. The van der Waals surface area contributed by atoms with Gasteiger partial charge < -0.3 is 19.3 Å². The molecular formula is C15H17NO4S2. The van der Waals surface area contributed by atoms with Crippen LogP contribution in [-0.4, -0.2) is 46.2 Å². The van der Waals surface area contributed by atoms with Gasteiger partial charge in [0, 0.05) is 5.75 Å². The van der Waals surface area contributed by atoms with Crippen LogP contribution in [0.15, 0.2) is 28.6 Å². The fourth-order valence-electron chi connectivity index (χ4n) is 2.76. The molecule has 2 aliphatic rings. The van der Waals surface area contributed by atoms with Crippen molar-refractivity contribution in [3.8, 4) is 0 Å². The topological polar surface area (TPSA) is 60.8 Å². The predicted molar refractivity (Wildman–Crippen MR) is 85.0 cm³/mol. The zero-order valence-corrected chi connectivity index (χ0v) is 13.9. The van der Waals surface area contributed by atoms with Crippen molar-refractivity contribution in [2.45, 2.75) is 48.6 Å². The second-order valence-electron chi connectivity index (χ2n) is 5.89. The minimum Gasteiger partial charge on any atom is -0.387 e. The van der Waals surface area contributed by atoms with Gasteiger partial charge in [0.2, 0.25) is 0 Å². The summed E-state index contributed by atoms with van der Waals surface area (Å²) in [5, 5.41) is 10.3. The zero-order valence-electron chi connectivity index (χ0n) is 12.3. The summed E-state index contributed by atoms with van der Waals surface area (Å²) in [6.45, 7) is 3.65. The number of nitrogens with zero attached hydrogens (tertiary/aromatic N) is 1. The van der Waals surface area contributed by atoms with Gasteiger partial charge in [-0.25, -0.2) is 4.98 Å². The second-order valence-corrected chi connectivity index (χ2v) is 8.19. The van der Waals surface area contributed by atoms with Crippen molar-refractivity contribution in [1.29, 1.82) is 0 Å². The van der Waals surface area contributed by atoms with E-state index in [9.17, 15) is 5.11 Å². The molecule has 4 rings (SSSR count). The fourth-order valence-corrected chi connectivity index (χ4v) is 4.91. The molecule has 0 bridgehead atoms. The standard InChI is InChI=1S/C15H17NO4S2/c1-15(2)19-12-11(17)9(18-13(12)20-15)7-21-14-16-8-5-3-4-6-10(8)22-14/h3-6,9,11-13,17H,7H2,1-2H3/t9-,11+,12-,13-/m1/s1. The van der Waals surface area contributed by atoms with Crippen LogP contribution in [-0.2, 0) is 14.2 Å². The summed E-state index contributed by atoms with van der Waals surface area (Å²) in [7, 11) is 0. The summed E-state index contributed by atoms with van der Waals surface area (Å²) in [4.78, 5) is 4.58. The fraction of sp³-hybridized carbons (Fsp3) is 0.533. The molecule has 1 N–H and O–H groups in total. The summed E-state index contributed by atoms with van der Waals surface area (Å²) < 4.78 is 19.3. The van der Waals surface area contributed by atoms with Gasteiger partial charge in [0.05, 0.1) is 16.3 Å². The van der Waals surface area contributed by atoms with Crippen molar-refractivity contribution >= 4 is 33.3 Å². The van der Waals surface area contributed by atoms with E-state index in [1.807, 2.05) is 32.0 Å². The highest BCUT2D eigenvalue weighted by Gasteiger charge is 2.54. The molecule has 1 aromatic heterocycles. The van der Waals surface area contributed by atoms with E-state index in [-0.39, 0.29) is 6.10 Å². The molecule has 3 heterocycles. The van der Waals surface area contributed by atoms with Crippen molar-refractivity contribution in [2.24, 2.45) is 0 Å². The van der Waals surface area contributed by atoms with Gasteiger partial charge in [-0.1, -0.05) is 23.9 Å². The third-order valence-electron chi connectivity index (χ3n) is 3.76. The first kappa shape index (κ1) is 14.9. The maximum atomic E-state index is 10.3. The smallest absolute Gasteiger partial charge is 0.190 e. The summed E-state index contributed by atoms with van der Waals surface area (Å²) >= 11 is 3.25. The number of aliphatic hydroxyl groups is 1. The number of hydrogen-bond donors (Lipinski definition) is 1. The van der Waals surface area contributed by atoms with Crippen molar-refractivity contribution in [3.63, 3.8) is 0 Å². The Morgan fingerprint density at radius 1 is 1.32 bits per heavy atom. The lowest BCUT2D eigenvalue weighted by Crippen LogP contribution is -2.35. The molecule has 5 nitrogen and oxygen atoms in total. The highest BCUT2D eigenvalue weighted by Crippen LogP contribution is 2.39. The number of aromatic nitrogens is 1. The van der Waals surface area contributed by atoms with E-state index >= 15 is 0 Å². The van der Waals surface area contributed by atoms with Crippen LogP contribution in [0.5, 0.6) is 0 Å². The third-order valence-corrected chi connectivity index (χ3v) is 6.03. The van der Waals surface area contributed by atoms with Gasteiger partial charge in [-0.05, 0) is 26.0 Å². The number of thioether (sulfide) groups is 1. The Morgan fingerprint density at radius 2 is 2.14 bits per heavy atom. The number of ether oxygens (including phenoxy) is 3. The molecule has 4 atom stereocenters. The molecule has 0 amide bonds. The van der Waals surface area contributed by atoms with Crippen LogP contribution >= 0.6 is 23.1 Å². The molecule has 118 valence electrons. The lowest BCUT2D eigenvalue weighted by atomic mass is 10.1. The van der Waals surface area contributed by atoms with Crippen molar-refractivity contribution in [3.05, 3.63) is 24.3 Å². The molecule has 2 aliphatic heterocycles. The van der Waals surface area contributed by atoms with Gasteiger partial charge in [-0.3, -0.25) is 0 Å². The minimum atomic E-state index is -0.693. The molecule has 0 saturated carbocycles. The van der Waals surface area contributed by atoms with E-state index in [1.165, 1.54) is 4.70 Å². The van der Waals surface area contributed by atoms with Gasteiger partial charge in [0.15, 0.2) is 16.4 Å². The molecule has 22 heavy (non-hydrogen) atoms. The van der Waals surface area contributed by atoms with E-state index in [0.717, 1.165) is 9.86 Å². The van der Waals surface area contributed by atoms with Gasteiger partial charge in [-0.2, -0.15) is 0 Å². The van der Waals surface area contributed by atoms with Gasteiger partial charge in [0.25, 0.3) is 0 Å². The lowest BCUT2D eigenvalue weighted by molar-refractivity contribution is -0.211. The van der Waals surface area contributed by atoms with Crippen LogP contribution in [0.2, 0.25) is 0 Å². The number of para-hydroxylation sites is 1.